The van der Waals surface area contributed by atoms with Crippen molar-refractivity contribution in [3.8, 4) is 0 Å². The molecule has 2 aromatic carbocycles. The van der Waals surface area contributed by atoms with Gasteiger partial charge in [0.25, 0.3) is 10.1 Å². The van der Waals surface area contributed by atoms with E-state index in [4.69, 9.17) is 0 Å². The summed E-state index contributed by atoms with van der Waals surface area (Å²) in [4.78, 5) is -0.164. The Morgan fingerprint density at radius 2 is 1.65 bits per heavy atom. The lowest BCUT2D eigenvalue weighted by molar-refractivity contribution is 0.219. The Morgan fingerprint density at radius 1 is 1.05 bits per heavy atom. The van der Waals surface area contributed by atoms with E-state index in [1.807, 2.05) is 6.07 Å². The Morgan fingerprint density at radius 3 is 2.20 bits per heavy atom. The third-order valence-corrected chi connectivity index (χ3v) is 4.21. The van der Waals surface area contributed by atoms with E-state index in [9.17, 15) is 18.1 Å². The van der Waals surface area contributed by atoms with E-state index in [0.717, 1.165) is 0 Å². The summed E-state index contributed by atoms with van der Waals surface area (Å²) in [6, 6.07) is 12.1. The van der Waals surface area contributed by atoms with E-state index in [1.54, 1.807) is 44.2 Å². The van der Waals surface area contributed by atoms with Gasteiger partial charge >= 0.3 is 0 Å². The van der Waals surface area contributed by atoms with Gasteiger partial charge in [-0.3, -0.25) is 4.55 Å². The Labute approximate surface area is 118 Å². The first-order valence-electron chi connectivity index (χ1n) is 6.12. The van der Waals surface area contributed by atoms with Gasteiger partial charge in [-0.05, 0) is 42.2 Å². The molecule has 106 valence electrons. The number of aliphatic hydroxyl groups is 1. The number of aliphatic hydroxyl groups excluding tert-OH is 1. The zero-order valence-electron chi connectivity index (χ0n) is 11.2. The SMILES string of the molecule is Cc1cc(C(O)c2ccccc2)c(C)c(S(=O)(=O)O)c1. The van der Waals surface area contributed by atoms with Gasteiger partial charge in [-0.2, -0.15) is 8.42 Å². The second-order valence-electron chi connectivity index (χ2n) is 4.77. The van der Waals surface area contributed by atoms with Crippen molar-refractivity contribution in [2.24, 2.45) is 0 Å². The lowest BCUT2D eigenvalue weighted by Crippen LogP contribution is -2.08. The standard InChI is InChI=1S/C15H16O4S/c1-10-8-13(11(2)14(9-10)20(17,18)19)15(16)12-6-4-3-5-7-12/h3-9,15-16H,1-2H3,(H,17,18,19). The lowest BCUT2D eigenvalue weighted by Gasteiger charge is -2.17. The average Bonchev–Trinajstić information content (AvgIpc) is 2.40. The topological polar surface area (TPSA) is 74.6 Å². The van der Waals surface area contributed by atoms with Crippen LogP contribution in [0.25, 0.3) is 0 Å². The monoisotopic (exact) mass is 292 g/mol. The van der Waals surface area contributed by atoms with Crippen molar-refractivity contribution in [3.63, 3.8) is 0 Å². The highest BCUT2D eigenvalue weighted by atomic mass is 32.2. The predicted molar refractivity (Wildman–Crippen MR) is 76.2 cm³/mol. The third kappa shape index (κ3) is 2.90. The molecule has 0 saturated carbocycles. The fraction of sp³-hybridized carbons (Fsp3) is 0.200. The maximum Gasteiger partial charge on any atom is 0.294 e. The van der Waals surface area contributed by atoms with Crippen molar-refractivity contribution >= 4 is 10.1 Å². The summed E-state index contributed by atoms with van der Waals surface area (Å²) in [6.07, 6.45) is -0.934. The minimum Gasteiger partial charge on any atom is -0.384 e. The number of hydrogen-bond donors (Lipinski definition) is 2. The Kier molecular flexibility index (Phi) is 3.94. The van der Waals surface area contributed by atoms with Crippen molar-refractivity contribution in [1.82, 2.24) is 0 Å². The van der Waals surface area contributed by atoms with Gasteiger partial charge in [-0.25, -0.2) is 0 Å². The maximum atomic E-state index is 11.4. The van der Waals surface area contributed by atoms with E-state index in [1.165, 1.54) is 6.07 Å². The van der Waals surface area contributed by atoms with Crippen LogP contribution < -0.4 is 0 Å². The molecule has 0 spiro atoms. The molecule has 1 unspecified atom stereocenters. The first kappa shape index (κ1) is 14.7. The van der Waals surface area contributed by atoms with E-state index in [0.29, 0.717) is 22.3 Å². The van der Waals surface area contributed by atoms with Gasteiger partial charge in [0.05, 0.1) is 4.90 Å². The Bertz CT molecular complexity index is 721. The van der Waals surface area contributed by atoms with E-state index >= 15 is 0 Å². The van der Waals surface area contributed by atoms with Crippen LogP contribution in [0.5, 0.6) is 0 Å². The number of hydrogen-bond acceptors (Lipinski definition) is 3. The van der Waals surface area contributed by atoms with Gasteiger partial charge in [-0.1, -0.05) is 36.4 Å². The van der Waals surface area contributed by atoms with Gasteiger partial charge in [0.1, 0.15) is 6.10 Å². The van der Waals surface area contributed by atoms with Gasteiger partial charge in [0.15, 0.2) is 0 Å². The average molecular weight is 292 g/mol. The fourth-order valence-electron chi connectivity index (χ4n) is 2.22. The Balaban J connectivity index is 2.61. The van der Waals surface area contributed by atoms with Gasteiger partial charge in [-0.15, -0.1) is 0 Å². The zero-order chi connectivity index (χ0) is 14.9. The van der Waals surface area contributed by atoms with Crippen LogP contribution >= 0.6 is 0 Å². The number of aryl methyl sites for hydroxylation is 1. The molecule has 2 N–H and O–H groups in total. The van der Waals surface area contributed by atoms with Gasteiger partial charge in [0.2, 0.25) is 0 Å². The molecule has 0 aliphatic carbocycles. The first-order valence-corrected chi connectivity index (χ1v) is 7.56. The van der Waals surface area contributed by atoms with Crippen LogP contribution in [-0.2, 0) is 10.1 Å². The molecule has 0 fully saturated rings. The van der Waals surface area contributed by atoms with Crippen molar-refractivity contribution < 1.29 is 18.1 Å². The molecule has 0 bridgehead atoms. The number of rotatable bonds is 3. The normalized spacial score (nSPS) is 13.2. The van der Waals surface area contributed by atoms with Crippen molar-refractivity contribution in [1.29, 1.82) is 0 Å². The maximum absolute atomic E-state index is 11.4. The molecule has 1 atom stereocenters. The summed E-state index contributed by atoms with van der Waals surface area (Å²) in [5.74, 6) is 0. The van der Waals surface area contributed by atoms with E-state index in [2.05, 4.69) is 0 Å². The van der Waals surface area contributed by atoms with Crippen molar-refractivity contribution in [2.75, 3.05) is 0 Å². The van der Waals surface area contributed by atoms with Crippen molar-refractivity contribution in [2.45, 2.75) is 24.8 Å². The summed E-state index contributed by atoms with van der Waals surface area (Å²) < 4.78 is 32.0. The zero-order valence-corrected chi connectivity index (χ0v) is 12.1. The minimum absolute atomic E-state index is 0.164. The lowest BCUT2D eigenvalue weighted by atomic mass is 9.96. The number of benzene rings is 2. The molecule has 5 heteroatoms. The molecular formula is C15H16O4S. The molecule has 2 aromatic rings. The first-order chi connectivity index (χ1) is 9.30. The molecule has 0 aromatic heterocycles. The Hall–Kier alpha value is -1.69. The molecule has 2 rings (SSSR count). The molecule has 0 aliphatic heterocycles. The highest BCUT2D eigenvalue weighted by Gasteiger charge is 2.21. The fourth-order valence-corrected chi connectivity index (χ4v) is 3.06. The smallest absolute Gasteiger partial charge is 0.294 e. The minimum atomic E-state index is -4.31. The van der Waals surface area contributed by atoms with Crippen LogP contribution in [-0.4, -0.2) is 18.1 Å². The second-order valence-corrected chi connectivity index (χ2v) is 6.16. The quantitative estimate of drug-likeness (QED) is 0.853. The molecule has 0 radical (unpaired) electrons. The highest BCUT2D eigenvalue weighted by Crippen LogP contribution is 2.29. The molecule has 4 nitrogen and oxygen atoms in total. The van der Waals surface area contributed by atoms with Crippen LogP contribution in [0.1, 0.15) is 28.4 Å². The van der Waals surface area contributed by atoms with Gasteiger partial charge in [0, 0.05) is 0 Å². The summed E-state index contributed by atoms with van der Waals surface area (Å²) in [5, 5.41) is 10.4. The summed E-state index contributed by atoms with van der Waals surface area (Å²) in [5.41, 5.74) is 2.16. The largest absolute Gasteiger partial charge is 0.384 e. The third-order valence-electron chi connectivity index (χ3n) is 3.23. The molecule has 0 saturated heterocycles. The van der Waals surface area contributed by atoms with E-state index < -0.39 is 16.2 Å². The van der Waals surface area contributed by atoms with Crippen molar-refractivity contribution in [3.05, 3.63) is 64.7 Å². The van der Waals surface area contributed by atoms with Crippen LogP contribution in [0, 0.1) is 13.8 Å². The van der Waals surface area contributed by atoms with Crippen LogP contribution in [0.15, 0.2) is 47.4 Å². The van der Waals surface area contributed by atoms with Crippen LogP contribution in [0.3, 0.4) is 0 Å². The summed E-state index contributed by atoms with van der Waals surface area (Å²) in [6.45, 7) is 3.29. The van der Waals surface area contributed by atoms with Crippen LogP contribution in [0.4, 0.5) is 0 Å². The second kappa shape index (κ2) is 5.36. The molecule has 0 heterocycles. The van der Waals surface area contributed by atoms with E-state index in [-0.39, 0.29) is 4.90 Å². The molecular weight excluding hydrogens is 276 g/mol. The molecule has 0 aliphatic rings. The predicted octanol–water partition coefficient (Wildman–Crippen LogP) is 2.63. The van der Waals surface area contributed by atoms with Crippen LogP contribution in [0.2, 0.25) is 0 Å². The molecule has 0 amide bonds. The van der Waals surface area contributed by atoms with Gasteiger partial charge < -0.3 is 5.11 Å². The summed E-state index contributed by atoms with van der Waals surface area (Å²) in [7, 11) is -4.31. The molecule has 20 heavy (non-hydrogen) atoms. The summed E-state index contributed by atoms with van der Waals surface area (Å²) >= 11 is 0. The highest BCUT2D eigenvalue weighted by molar-refractivity contribution is 7.85.